The number of ether oxygens (including phenoxy) is 2. The number of halogens is 1. The Morgan fingerprint density at radius 1 is 1.18 bits per heavy atom. The van der Waals surface area contributed by atoms with E-state index in [9.17, 15) is 4.79 Å². The van der Waals surface area contributed by atoms with Crippen molar-refractivity contribution in [2.45, 2.75) is 46.2 Å². The van der Waals surface area contributed by atoms with Gasteiger partial charge in [-0.1, -0.05) is 45.4 Å². The molecule has 0 radical (unpaired) electrons. The van der Waals surface area contributed by atoms with Crippen LogP contribution < -0.4 is 20.5 Å². The number of hydrogen-bond donors (Lipinski definition) is 2. The minimum atomic E-state index is -0.529. The average Bonchev–Trinajstić information content (AvgIpc) is 2.71. The predicted octanol–water partition coefficient (Wildman–Crippen LogP) is 4.07. The molecule has 2 rings (SSSR count). The van der Waals surface area contributed by atoms with Crippen LogP contribution in [0, 0.1) is 5.92 Å². The molecule has 2 aromatic rings. The van der Waals surface area contributed by atoms with E-state index in [0.717, 1.165) is 18.4 Å². The van der Waals surface area contributed by atoms with Crippen molar-refractivity contribution in [3.63, 3.8) is 0 Å². The predicted molar refractivity (Wildman–Crippen MR) is 113 cm³/mol. The van der Waals surface area contributed by atoms with Crippen LogP contribution in [0.2, 0.25) is 0 Å². The van der Waals surface area contributed by atoms with Gasteiger partial charge in [-0.25, -0.2) is 4.98 Å². The Hall–Kier alpha value is -2.31. The van der Waals surface area contributed by atoms with Gasteiger partial charge < -0.3 is 20.5 Å². The van der Waals surface area contributed by atoms with Crippen LogP contribution in [0.3, 0.4) is 0 Å². The Morgan fingerprint density at radius 3 is 2.57 bits per heavy atom. The SMILES string of the molecule is CCCOc1ccccc1Oc1ncccc1CNC(=O)C(N)C(C)CC.Cl. The van der Waals surface area contributed by atoms with E-state index in [4.69, 9.17) is 15.2 Å². The molecule has 2 unspecified atom stereocenters. The fourth-order valence-electron chi connectivity index (χ4n) is 2.43. The summed E-state index contributed by atoms with van der Waals surface area (Å²) in [7, 11) is 0. The van der Waals surface area contributed by atoms with Crippen molar-refractivity contribution < 1.29 is 14.3 Å². The summed E-state index contributed by atoms with van der Waals surface area (Å²) in [5.41, 5.74) is 6.76. The zero-order chi connectivity index (χ0) is 19.6. The first-order valence-corrected chi connectivity index (χ1v) is 9.43. The molecule has 0 bridgehead atoms. The number of amides is 1. The summed E-state index contributed by atoms with van der Waals surface area (Å²) in [5, 5.41) is 2.87. The minimum absolute atomic E-state index is 0. The van der Waals surface area contributed by atoms with Crippen LogP contribution >= 0.6 is 12.4 Å². The number of rotatable bonds is 10. The number of carbonyl (C=O) groups excluding carboxylic acids is 1. The van der Waals surface area contributed by atoms with Crippen LogP contribution in [0.1, 0.15) is 39.2 Å². The first kappa shape index (κ1) is 23.7. The Balaban J connectivity index is 0.00000392. The molecule has 7 heteroatoms. The molecular weight excluding hydrogens is 378 g/mol. The molecule has 0 saturated carbocycles. The first-order valence-electron chi connectivity index (χ1n) is 9.43. The second-order valence-corrected chi connectivity index (χ2v) is 6.49. The lowest BCUT2D eigenvalue weighted by Gasteiger charge is -2.18. The van der Waals surface area contributed by atoms with Crippen molar-refractivity contribution in [1.82, 2.24) is 10.3 Å². The summed E-state index contributed by atoms with van der Waals surface area (Å²) in [6.45, 7) is 6.94. The number of para-hydroxylation sites is 2. The summed E-state index contributed by atoms with van der Waals surface area (Å²) in [6, 6.07) is 10.6. The molecule has 0 saturated heterocycles. The van der Waals surface area contributed by atoms with Gasteiger partial charge >= 0.3 is 0 Å². The van der Waals surface area contributed by atoms with Gasteiger partial charge in [-0.3, -0.25) is 4.79 Å². The lowest BCUT2D eigenvalue weighted by molar-refractivity contribution is -0.123. The Morgan fingerprint density at radius 2 is 1.89 bits per heavy atom. The standard InChI is InChI=1S/C21H29N3O3.ClH/c1-4-13-26-17-10-6-7-11-18(17)27-21-16(9-8-12-23-21)14-24-20(25)19(22)15(3)5-2;/h6-12,15,19H,4-5,13-14,22H2,1-3H3,(H,24,25);1H. The third kappa shape index (κ3) is 6.69. The molecule has 0 aliphatic carbocycles. The quantitative estimate of drug-likeness (QED) is 0.619. The van der Waals surface area contributed by atoms with E-state index >= 15 is 0 Å². The maximum absolute atomic E-state index is 12.2. The molecule has 3 N–H and O–H groups in total. The summed E-state index contributed by atoms with van der Waals surface area (Å²) >= 11 is 0. The highest BCUT2D eigenvalue weighted by molar-refractivity contribution is 5.85. The molecule has 0 spiro atoms. The number of nitrogens with zero attached hydrogens (tertiary/aromatic N) is 1. The number of hydrogen-bond acceptors (Lipinski definition) is 5. The highest BCUT2D eigenvalue weighted by atomic mass is 35.5. The molecule has 1 amide bonds. The molecular formula is C21H30ClN3O3. The van der Waals surface area contributed by atoms with E-state index in [-0.39, 0.29) is 24.2 Å². The van der Waals surface area contributed by atoms with Gasteiger partial charge in [0.15, 0.2) is 11.5 Å². The van der Waals surface area contributed by atoms with E-state index in [1.54, 1.807) is 6.20 Å². The molecule has 28 heavy (non-hydrogen) atoms. The third-order valence-electron chi connectivity index (χ3n) is 4.38. The molecule has 0 aliphatic rings. The normalized spacial score (nSPS) is 12.4. The maximum Gasteiger partial charge on any atom is 0.237 e. The lowest BCUT2D eigenvalue weighted by atomic mass is 9.99. The Labute approximate surface area is 173 Å². The van der Waals surface area contributed by atoms with Crippen molar-refractivity contribution in [3.05, 3.63) is 48.2 Å². The highest BCUT2D eigenvalue weighted by Gasteiger charge is 2.19. The fraction of sp³-hybridized carbons (Fsp3) is 0.429. The molecule has 1 heterocycles. The van der Waals surface area contributed by atoms with Crippen LogP contribution in [0.4, 0.5) is 0 Å². The summed E-state index contributed by atoms with van der Waals surface area (Å²) in [6.07, 6.45) is 3.41. The third-order valence-corrected chi connectivity index (χ3v) is 4.38. The van der Waals surface area contributed by atoms with Crippen LogP contribution in [-0.4, -0.2) is 23.5 Å². The number of nitrogens with two attached hydrogens (primary N) is 1. The molecule has 1 aromatic carbocycles. The van der Waals surface area contributed by atoms with Crippen LogP contribution in [0.25, 0.3) is 0 Å². The molecule has 0 fully saturated rings. The number of pyridine rings is 1. The second-order valence-electron chi connectivity index (χ2n) is 6.49. The first-order chi connectivity index (χ1) is 13.1. The summed E-state index contributed by atoms with van der Waals surface area (Å²) < 4.78 is 11.7. The van der Waals surface area contributed by atoms with Crippen molar-refractivity contribution >= 4 is 18.3 Å². The maximum atomic E-state index is 12.2. The van der Waals surface area contributed by atoms with Gasteiger partial charge in [0.2, 0.25) is 11.8 Å². The molecule has 0 aliphatic heterocycles. The zero-order valence-electron chi connectivity index (χ0n) is 16.7. The van der Waals surface area contributed by atoms with Gasteiger partial charge in [0.25, 0.3) is 0 Å². The van der Waals surface area contributed by atoms with E-state index < -0.39 is 6.04 Å². The topological polar surface area (TPSA) is 86.5 Å². The van der Waals surface area contributed by atoms with Gasteiger partial charge in [-0.2, -0.15) is 0 Å². The smallest absolute Gasteiger partial charge is 0.237 e. The van der Waals surface area contributed by atoms with Crippen molar-refractivity contribution in [1.29, 1.82) is 0 Å². The van der Waals surface area contributed by atoms with Crippen molar-refractivity contribution in [3.8, 4) is 17.4 Å². The van der Waals surface area contributed by atoms with Gasteiger partial charge in [-0.15, -0.1) is 12.4 Å². The number of carbonyl (C=O) groups is 1. The average molecular weight is 408 g/mol. The Bertz CT molecular complexity index is 742. The van der Waals surface area contributed by atoms with Gasteiger partial charge in [0.1, 0.15) is 0 Å². The van der Waals surface area contributed by atoms with E-state index in [1.165, 1.54) is 0 Å². The molecule has 154 valence electrons. The summed E-state index contributed by atoms with van der Waals surface area (Å²) in [5.74, 6) is 1.64. The number of nitrogens with one attached hydrogen (secondary N) is 1. The van der Waals surface area contributed by atoms with Gasteiger partial charge in [0, 0.05) is 18.3 Å². The molecule has 2 atom stereocenters. The minimum Gasteiger partial charge on any atom is -0.490 e. The number of aromatic nitrogens is 1. The van der Waals surface area contributed by atoms with Crippen LogP contribution in [0.5, 0.6) is 17.4 Å². The van der Waals surface area contributed by atoms with E-state index in [2.05, 4.69) is 10.3 Å². The van der Waals surface area contributed by atoms with Crippen LogP contribution in [-0.2, 0) is 11.3 Å². The van der Waals surface area contributed by atoms with Crippen molar-refractivity contribution in [2.24, 2.45) is 11.7 Å². The summed E-state index contributed by atoms with van der Waals surface area (Å²) in [4.78, 5) is 16.6. The fourth-order valence-corrected chi connectivity index (χ4v) is 2.43. The van der Waals surface area contributed by atoms with E-state index in [1.807, 2.05) is 57.2 Å². The van der Waals surface area contributed by atoms with Gasteiger partial charge in [0.05, 0.1) is 12.6 Å². The second kappa shape index (κ2) is 12.2. The van der Waals surface area contributed by atoms with Crippen LogP contribution in [0.15, 0.2) is 42.6 Å². The van der Waals surface area contributed by atoms with E-state index in [0.29, 0.717) is 30.5 Å². The largest absolute Gasteiger partial charge is 0.490 e. The number of benzene rings is 1. The molecule has 6 nitrogen and oxygen atoms in total. The molecule has 1 aromatic heterocycles. The Kier molecular flexibility index (Phi) is 10.3. The lowest BCUT2D eigenvalue weighted by Crippen LogP contribution is -2.44. The monoisotopic (exact) mass is 407 g/mol. The van der Waals surface area contributed by atoms with Gasteiger partial charge in [-0.05, 0) is 30.5 Å². The highest BCUT2D eigenvalue weighted by Crippen LogP contribution is 2.31. The van der Waals surface area contributed by atoms with Crippen molar-refractivity contribution in [2.75, 3.05) is 6.61 Å². The zero-order valence-corrected chi connectivity index (χ0v) is 17.5.